The van der Waals surface area contributed by atoms with E-state index < -0.39 is 5.67 Å². The summed E-state index contributed by atoms with van der Waals surface area (Å²) in [6, 6.07) is 12.7. The van der Waals surface area contributed by atoms with Gasteiger partial charge in [0, 0.05) is 23.6 Å². The molecule has 5 heteroatoms. The van der Waals surface area contributed by atoms with E-state index in [4.69, 9.17) is 4.74 Å². The zero-order valence-corrected chi connectivity index (χ0v) is 19.6. The molecule has 0 aliphatic heterocycles. The normalized spacial score (nSPS) is 19.2. The van der Waals surface area contributed by atoms with Gasteiger partial charge in [-0.05, 0) is 93.8 Å². The molecule has 1 aliphatic rings. The summed E-state index contributed by atoms with van der Waals surface area (Å²) >= 11 is 0. The molecule has 4 rings (SSSR count). The van der Waals surface area contributed by atoms with Crippen LogP contribution < -0.4 is 10.1 Å². The molecule has 1 aliphatic carbocycles. The lowest BCUT2D eigenvalue weighted by molar-refractivity contribution is 0.215. The van der Waals surface area contributed by atoms with E-state index in [2.05, 4.69) is 33.4 Å². The SMILES string of the molecule is C=C(N[C@@H]1CCC[C@H](Cc2ccc(C)c3nc(C(C)(C)F)cn23)C1)c1ccc(OC)cc1. The van der Waals surface area contributed by atoms with Crippen LogP contribution in [-0.2, 0) is 12.1 Å². The first kappa shape index (κ1) is 22.4. The second kappa shape index (κ2) is 8.97. The summed E-state index contributed by atoms with van der Waals surface area (Å²) in [6.07, 6.45) is 7.49. The number of ether oxygens (including phenoxy) is 1. The lowest BCUT2D eigenvalue weighted by Gasteiger charge is -2.31. The van der Waals surface area contributed by atoms with Crippen LogP contribution in [0.25, 0.3) is 11.3 Å². The summed E-state index contributed by atoms with van der Waals surface area (Å²) in [4.78, 5) is 4.59. The highest BCUT2D eigenvalue weighted by molar-refractivity contribution is 5.62. The average Bonchev–Trinajstić information content (AvgIpc) is 3.23. The van der Waals surface area contributed by atoms with Crippen LogP contribution in [0.4, 0.5) is 4.39 Å². The van der Waals surface area contributed by atoms with Crippen molar-refractivity contribution in [1.82, 2.24) is 14.7 Å². The topological polar surface area (TPSA) is 38.6 Å². The first-order valence-electron chi connectivity index (χ1n) is 11.5. The number of nitrogens with one attached hydrogen (secondary N) is 1. The molecule has 0 saturated heterocycles. The van der Waals surface area contributed by atoms with Crippen LogP contribution in [0, 0.1) is 12.8 Å². The summed E-state index contributed by atoms with van der Waals surface area (Å²) in [5.41, 5.74) is 4.23. The Morgan fingerprint density at radius 2 is 1.97 bits per heavy atom. The number of imidazole rings is 1. The number of nitrogens with zero attached hydrogens (tertiary/aromatic N) is 2. The molecule has 32 heavy (non-hydrogen) atoms. The van der Waals surface area contributed by atoms with Crippen LogP contribution in [0.5, 0.6) is 5.75 Å². The van der Waals surface area contributed by atoms with E-state index >= 15 is 0 Å². The number of methoxy groups -OCH3 is 1. The Hall–Kier alpha value is -2.82. The van der Waals surface area contributed by atoms with E-state index in [1.54, 1.807) is 21.0 Å². The van der Waals surface area contributed by atoms with Gasteiger partial charge in [0.1, 0.15) is 17.1 Å². The van der Waals surface area contributed by atoms with Crippen molar-refractivity contribution >= 4 is 11.3 Å². The van der Waals surface area contributed by atoms with Crippen molar-refractivity contribution in [2.45, 2.75) is 64.6 Å². The van der Waals surface area contributed by atoms with Gasteiger partial charge in [-0.3, -0.25) is 0 Å². The van der Waals surface area contributed by atoms with Gasteiger partial charge >= 0.3 is 0 Å². The maximum Gasteiger partial charge on any atom is 0.148 e. The molecule has 1 N–H and O–H groups in total. The Bertz CT molecular complexity index is 1090. The fraction of sp³-hybridized carbons (Fsp3) is 0.444. The maximum absolute atomic E-state index is 14.5. The number of aryl methyl sites for hydroxylation is 1. The van der Waals surface area contributed by atoms with Gasteiger partial charge < -0.3 is 14.5 Å². The maximum atomic E-state index is 14.5. The summed E-state index contributed by atoms with van der Waals surface area (Å²) in [6.45, 7) is 9.43. The summed E-state index contributed by atoms with van der Waals surface area (Å²) in [5.74, 6) is 1.42. The zero-order valence-electron chi connectivity index (χ0n) is 19.6. The van der Waals surface area contributed by atoms with Gasteiger partial charge in [0.05, 0.1) is 12.8 Å². The predicted molar refractivity (Wildman–Crippen MR) is 129 cm³/mol. The van der Waals surface area contributed by atoms with Gasteiger partial charge in [0.2, 0.25) is 0 Å². The van der Waals surface area contributed by atoms with Crippen molar-refractivity contribution in [1.29, 1.82) is 0 Å². The van der Waals surface area contributed by atoms with Crippen LogP contribution >= 0.6 is 0 Å². The summed E-state index contributed by atoms with van der Waals surface area (Å²) < 4.78 is 21.9. The van der Waals surface area contributed by atoms with Crippen molar-refractivity contribution < 1.29 is 9.13 Å². The van der Waals surface area contributed by atoms with Gasteiger partial charge in [0.25, 0.3) is 0 Å². The minimum Gasteiger partial charge on any atom is -0.497 e. The van der Waals surface area contributed by atoms with Crippen molar-refractivity contribution in [3.05, 3.63) is 71.7 Å². The summed E-state index contributed by atoms with van der Waals surface area (Å²) in [5, 5.41) is 3.65. The highest BCUT2D eigenvalue weighted by Crippen LogP contribution is 2.31. The number of rotatable bonds is 7. The number of aromatic nitrogens is 2. The van der Waals surface area contributed by atoms with Crippen LogP contribution in [0.15, 0.2) is 49.2 Å². The highest BCUT2D eigenvalue weighted by atomic mass is 19.1. The molecule has 0 unspecified atom stereocenters. The lowest BCUT2D eigenvalue weighted by Crippen LogP contribution is -2.33. The molecular weight excluding hydrogens is 401 g/mol. The van der Waals surface area contributed by atoms with Gasteiger partial charge in [-0.15, -0.1) is 0 Å². The Morgan fingerprint density at radius 1 is 1.22 bits per heavy atom. The van der Waals surface area contributed by atoms with Crippen molar-refractivity contribution in [3.63, 3.8) is 0 Å². The molecule has 3 aromatic rings. The van der Waals surface area contributed by atoms with Crippen LogP contribution in [0.2, 0.25) is 0 Å². The third kappa shape index (κ3) is 4.82. The lowest BCUT2D eigenvalue weighted by atomic mass is 9.82. The highest BCUT2D eigenvalue weighted by Gasteiger charge is 2.26. The van der Waals surface area contributed by atoms with Crippen LogP contribution in [-0.4, -0.2) is 22.5 Å². The van der Waals surface area contributed by atoms with E-state index in [0.29, 0.717) is 17.7 Å². The molecule has 2 aromatic heterocycles. The molecule has 1 aromatic carbocycles. The molecule has 0 spiro atoms. The molecule has 170 valence electrons. The average molecular weight is 436 g/mol. The first-order chi connectivity index (χ1) is 15.2. The number of hydrogen-bond donors (Lipinski definition) is 1. The number of hydrogen-bond acceptors (Lipinski definition) is 3. The minimum atomic E-state index is -1.45. The minimum absolute atomic E-state index is 0.410. The first-order valence-corrected chi connectivity index (χ1v) is 11.5. The van der Waals surface area contributed by atoms with E-state index in [9.17, 15) is 4.39 Å². The number of halogens is 1. The van der Waals surface area contributed by atoms with Crippen molar-refractivity contribution in [2.75, 3.05) is 7.11 Å². The molecule has 1 fully saturated rings. The molecular formula is C27H34FN3O. The largest absolute Gasteiger partial charge is 0.497 e. The van der Waals surface area contributed by atoms with E-state index in [0.717, 1.165) is 47.5 Å². The Labute approximate surface area is 190 Å². The molecule has 0 radical (unpaired) electrons. The van der Waals surface area contributed by atoms with Gasteiger partial charge in [-0.2, -0.15) is 0 Å². The fourth-order valence-electron chi connectivity index (χ4n) is 4.73. The standard InChI is InChI=1S/C27H34FN3O/c1-18-9-12-23(31-17-25(27(3,4)28)30-26(18)31)16-20-7-6-8-22(15-20)29-19(2)21-10-13-24(32-5)14-11-21/h9-14,17,20,22,29H,2,6-8,15-16H2,1,3-5H3/t20-,22+/m0/s1. The second-order valence-corrected chi connectivity index (χ2v) is 9.58. The zero-order chi connectivity index (χ0) is 22.9. The van der Waals surface area contributed by atoms with Crippen LogP contribution in [0.3, 0.4) is 0 Å². The monoisotopic (exact) mass is 435 g/mol. The molecule has 4 nitrogen and oxygen atoms in total. The van der Waals surface area contributed by atoms with Gasteiger partial charge in [-0.1, -0.05) is 19.1 Å². The van der Waals surface area contributed by atoms with Crippen molar-refractivity contribution in [2.24, 2.45) is 5.92 Å². The van der Waals surface area contributed by atoms with E-state index in [1.165, 1.54) is 18.5 Å². The predicted octanol–water partition coefficient (Wildman–Crippen LogP) is 6.22. The van der Waals surface area contributed by atoms with E-state index in [1.807, 2.05) is 37.4 Å². The van der Waals surface area contributed by atoms with E-state index in [-0.39, 0.29) is 0 Å². The number of pyridine rings is 1. The molecule has 2 heterocycles. The smallest absolute Gasteiger partial charge is 0.148 e. The quantitative estimate of drug-likeness (QED) is 0.479. The summed E-state index contributed by atoms with van der Waals surface area (Å²) in [7, 11) is 1.68. The molecule has 0 bridgehead atoms. The molecule has 1 saturated carbocycles. The third-order valence-corrected chi connectivity index (χ3v) is 6.60. The van der Waals surface area contributed by atoms with Crippen LogP contribution in [0.1, 0.15) is 62.0 Å². The Balaban J connectivity index is 1.46. The fourth-order valence-corrected chi connectivity index (χ4v) is 4.73. The molecule has 0 amide bonds. The van der Waals surface area contributed by atoms with Gasteiger partial charge in [0.15, 0.2) is 0 Å². The number of alkyl halides is 1. The Morgan fingerprint density at radius 3 is 2.66 bits per heavy atom. The third-order valence-electron chi connectivity index (χ3n) is 6.60. The second-order valence-electron chi connectivity index (χ2n) is 9.58. The molecule has 2 atom stereocenters. The Kier molecular flexibility index (Phi) is 6.27. The van der Waals surface area contributed by atoms with Gasteiger partial charge in [-0.25, -0.2) is 9.37 Å². The number of benzene rings is 1. The number of fused-ring (bicyclic) bond motifs is 1. The van der Waals surface area contributed by atoms with Crippen molar-refractivity contribution in [3.8, 4) is 5.75 Å².